The summed E-state index contributed by atoms with van der Waals surface area (Å²) >= 11 is 0. The first-order valence-electron chi connectivity index (χ1n) is 12.3. The van der Waals surface area contributed by atoms with Crippen LogP contribution in [0.1, 0.15) is 51.0 Å². The van der Waals surface area contributed by atoms with E-state index in [0.29, 0.717) is 47.1 Å². The number of aliphatic carboxylic acids is 1. The zero-order valence-corrected chi connectivity index (χ0v) is 19.7. The number of rotatable bonds is 4. The van der Waals surface area contributed by atoms with E-state index in [4.69, 9.17) is 9.47 Å². The van der Waals surface area contributed by atoms with Gasteiger partial charge in [0, 0.05) is 17.9 Å². The van der Waals surface area contributed by atoms with Crippen molar-refractivity contribution in [2.75, 3.05) is 24.7 Å². The molecule has 0 saturated carbocycles. The molecule has 3 atom stereocenters. The molecule has 0 bridgehead atoms. The van der Waals surface area contributed by atoms with E-state index in [9.17, 15) is 19.8 Å². The van der Waals surface area contributed by atoms with Crippen LogP contribution in [-0.2, 0) is 17.6 Å². The first kappa shape index (κ1) is 22.6. The van der Waals surface area contributed by atoms with Gasteiger partial charge in [-0.3, -0.25) is 14.5 Å². The normalized spacial score (nSPS) is 22.5. The number of aliphatic hydroxyl groups is 1. The number of carbonyl (C=O) groups excluding carboxylic acids is 1. The molecule has 2 N–H and O–H groups in total. The molecule has 3 aliphatic rings. The van der Waals surface area contributed by atoms with Gasteiger partial charge in [0.2, 0.25) is 0 Å². The number of aliphatic hydroxyl groups excluding tert-OH is 1. The predicted octanol–water partition coefficient (Wildman–Crippen LogP) is 4.12. The number of nitrogens with zero attached hydrogens (tertiary/aromatic N) is 1. The molecule has 1 aliphatic carbocycles. The maximum atomic E-state index is 14.0. The Bertz CT molecular complexity index is 1350. The van der Waals surface area contributed by atoms with E-state index < -0.39 is 17.9 Å². The van der Waals surface area contributed by atoms with Gasteiger partial charge in [-0.1, -0.05) is 30.3 Å². The van der Waals surface area contributed by atoms with Crippen molar-refractivity contribution < 1.29 is 29.3 Å². The minimum atomic E-state index is -0.997. The van der Waals surface area contributed by atoms with Crippen LogP contribution in [0.4, 0.5) is 5.69 Å². The second-order valence-electron chi connectivity index (χ2n) is 9.67. The summed E-state index contributed by atoms with van der Waals surface area (Å²) < 4.78 is 11.5. The van der Waals surface area contributed by atoms with Gasteiger partial charge < -0.3 is 19.7 Å². The van der Waals surface area contributed by atoms with E-state index in [1.165, 1.54) is 5.56 Å². The summed E-state index contributed by atoms with van der Waals surface area (Å²) in [5.74, 6) is -0.784. The number of amides is 1. The summed E-state index contributed by atoms with van der Waals surface area (Å²) in [6.45, 7) is 1.03. The van der Waals surface area contributed by atoms with Crippen molar-refractivity contribution in [3.05, 3.63) is 88.5 Å². The fourth-order valence-electron chi connectivity index (χ4n) is 5.79. The Hall–Kier alpha value is -3.84. The Morgan fingerprint density at radius 1 is 0.972 bits per heavy atom. The molecule has 0 radical (unpaired) electrons. The number of carbonyl (C=O) groups is 2. The standard InChI is InChI=1S/C29H27NO6/c31-16-17-5-6-19-14-21(9-7-18(19)13-17)30-27(20-8-10-24-25(15-20)36-12-11-35-24)26(29(33)34)22-3-1-2-4-23(22)28(30)32/h1-4,7-10,14-15,17,26-27,31H,5-6,11-13,16H2,(H,33,34)/t17?,26-,27+/m1/s1. The first-order chi connectivity index (χ1) is 17.5. The van der Waals surface area contributed by atoms with Gasteiger partial charge in [0.05, 0.1) is 6.04 Å². The number of ether oxygens (including phenoxy) is 2. The summed E-state index contributed by atoms with van der Waals surface area (Å²) in [7, 11) is 0. The molecule has 7 nitrogen and oxygen atoms in total. The van der Waals surface area contributed by atoms with Crippen molar-refractivity contribution in [2.45, 2.75) is 31.2 Å². The number of hydrogen-bond acceptors (Lipinski definition) is 5. The van der Waals surface area contributed by atoms with Crippen LogP contribution >= 0.6 is 0 Å². The van der Waals surface area contributed by atoms with Crippen LogP contribution in [0.15, 0.2) is 60.7 Å². The molecule has 2 heterocycles. The summed E-state index contributed by atoms with van der Waals surface area (Å²) in [4.78, 5) is 28.4. The molecule has 1 amide bonds. The van der Waals surface area contributed by atoms with Crippen molar-refractivity contribution in [3.8, 4) is 11.5 Å². The highest BCUT2D eigenvalue weighted by atomic mass is 16.6. The molecular weight excluding hydrogens is 458 g/mol. The largest absolute Gasteiger partial charge is 0.486 e. The number of carboxylic acids is 1. The molecule has 1 unspecified atom stereocenters. The van der Waals surface area contributed by atoms with Crippen LogP contribution in [0.2, 0.25) is 0 Å². The van der Waals surface area contributed by atoms with Gasteiger partial charge in [-0.05, 0) is 77.8 Å². The van der Waals surface area contributed by atoms with Crippen LogP contribution in [-0.4, -0.2) is 41.9 Å². The molecule has 0 fully saturated rings. The molecule has 2 aliphatic heterocycles. The summed E-state index contributed by atoms with van der Waals surface area (Å²) in [6, 6.07) is 17.5. The van der Waals surface area contributed by atoms with Crippen molar-refractivity contribution in [3.63, 3.8) is 0 Å². The third kappa shape index (κ3) is 3.71. The monoisotopic (exact) mass is 485 g/mol. The average Bonchev–Trinajstić information content (AvgIpc) is 2.92. The third-order valence-electron chi connectivity index (χ3n) is 7.57. The van der Waals surface area contributed by atoms with Crippen LogP contribution in [0.5, 0.6) is 11.5 Å². The maximum absolute atomic E-state index is 14.0. The molecule has 36 heavy (non-hydrogen) atoms. The van der Waals surface area contributed by atoms with Crippen LogP contribution < -0.4 is 14.4 Å². The molecule has 0 saturated heterocycles. The Labute approximate surface area is 208 Å². The Morgan fingerprint density at radius 3 is 2.58 bits per heavy atom. The zero-order valence-electron chi connectivity index (χ0n) is 19.7. The predicted molar refractivity (Wildman–Crippen MR) is 133 cm³/mol. The van der Waals surface area contributed by atoms with Crippen molar-refractivity contribution >= 4 is 17.6 Å². The first-order valence-corrected chi connectivity index (χ1v) is 12.3. The van der Waals surface area contributed by atoms with E-state index >= 15 is 0 Å². The number of hydrogen-bond donors (Lipinski definition) is 2. The lowest BCUT2D eigenvalue weighted by atomic mass is 9.79. The highest BCUT2D eigenvalue weighted by Gasteiger charge is 2.45. The minimum absolute atomic E-state index is 0.162. The zero-order chi connectivity index (χ0) is 24.8. The van der Waals surface area contributed by atoms with E-state index in [0.717, 1.165) is 24.8 Å². The highest BCUT2D eigenvalue weighted by molar-refractivity contribution is 6.11. The van der Waals surface area contributed by atoms with Gasteiger partial charge >= 0.3 is 5.97 Å². The fraction of sp³-hybridized carbons (Fsp3) is 0.310. The van der Waals surface area contributed by atoms with Crippen LogP contribution in [0.25, 0.3) is 0 Å². The average molecular weight is 486 g/mol. The van der Waals surface area contributed by atoms with E-state index in [1.807, 2.05) is 24.3 Å². The number of benzene rings is 3. The summed E-state index contributed by atoms with van der Waals surface area (Å²) in [5.41, 5.74) is 4.55. The van der Waals surface area contributed by atoms with Gasteiger partial charge in [-0.2, -0.15) is 0 Å². The van der Waals surface area contributed by atoms with E-state index in [2.05, 4.69) is 0 Å². The molecule has 184 valence electrons. The second-order valence-corrected chi connectivity index (χ2v) is 9.67. The summed E-state index contributed by atoms with van der Waals surface area (Å²) in [5, 5.41) is 20.0. The second kappa shape index (κ2) is 8.99. The Kier molecular flexibility index (Phi) is 5.64. The molecular formula is C29H27NO6. The number of anilines is 1. The summed E-state index contributed by atoms with van der Waals surface area (Å²) in [6.07, 6.45) is 2.49. The lowest BCUT2D eigenvalue weighted by Gasteiger charge is -2.41. The maximum Gasteiger partial charge on any atom is 0.313 e. The molecule has 3 aromatic rings. The highest BCUT2D eigenvalue weighted by Crippen LogP contribution is 2.47. The number of carboxylic acid groups (broad SMARTS) is 1. The Morgan fingerprint density at radius 2 is 1.78 bits per heavy atom. The van der Waals surface area contributed by atoms with Crippen LogP contribution in [0, 0.1) is 5.92 Å². The van der Waals surface area contributed by atoms with E-state index in [-0.39, 0.29) is 18.4 Å². The molecule has 0 aromatic heterocycles. The quantitative estimate of drug-likeness (QED) is 0.577. The van der Waals surface area contributed by atoms with Crippen molar-refractivity contribution in [2.24, 2.45) is 5.92 Å². The smallest absolute Gasteiger partial charge is 0.313 e. The van der Waals surface area contributed by atoms with Gasteiger partial charge in [0.15, 0.2) is 11.5 Å². The number of fused-ring (bicyclic) bond motifs is 3. The van der Waals surface area contributed by atoms with Crippen LogP contribution in [0.3, 0.4) is 0 Å². The van der Waals surface area contributed by atoms with E-state index in [1.54, 1.807) is 41.3 Å². The number of aryl methyl sites for hydroxylation is 1. The minimum Gasteiger partial charge on any atom is -0.486 e. The topological polar surface area (TPSA) is 96.3 Å². The van der Waals surface area contributed by atoms with Gasteiger partial charge in [-0.25, -0.2) is 0 Å². The Balaban J connectivity index is 1.51. The van der Waals surface area contributed by atoms with Crippen molar-refractivity contribution in [1.29, 1.82) is 0 Å². The molecule has 6 rings (SSSR count). The molecule has 3 aromatic carbocycles. The lowest BCUT2D eigenvalue weighted by molar-refractivity contribution is -0.139. The molecule has 7 heteroatoms. The lowest BCUT2D eigenvalue weighted by Crippen LogP contribution is -2.45. The molecule has 0 spiro atoms. The van der Waals surface area contributed by atoms with Gasteiger partial charge in [0.25, 0.3) is 5.91 Å². The van der Waals surface area contributed by atoms with Gasteiger partial charge in [0.1, 0.15) is 19.1 Å². The fourth-order valence-corrected chi connectivity index (χ4v) is 5.79. The third-order valence-corrected chi connectivity index (χ3v) is 7.57. The van der Waals surface area contributed by atoms with Crippen molar-refractivity contribution in [1.82, 2.24) is 0 Å². The SMILES string of the molecule is O=C(O)[C@@H]1c2ccccc2C(=O)N(c2ccc3c(c2)CCC(CO)C3)[C@H]1c1ccc2c(c1)OCCO2. The van der Waals surface area contributed by atoms with Gasteiger partial charge in [-0.15, -0.1) is 0 Å².